The van der Waals surface area contributed by atoms with Gasteiger partial charge in [-0.15, -0.1) is 0 Å². The lowest BCUT2D eigenvalue weighted by Gasteiger charge is -2.19. The lowest BCUT2D eigenvalue weighted by molar-refractivity contribution is -0.119. The number of carbonyl (C=O) groups is 2. The van der Waals surface area contributed by atoms with Crippen LogP contribution in [0.25, 0.3) is 5.69 Å². The van der Waals surface area contributed by atoms with Gasteiger partial charge in [-0.2, -0.15) is 5.10 Å². The van der Waals surface area contributed by atoms with E-state index in [1.165, 1.54) is 25.0 Å². The molecule has 2 aliphatic rings. The number of fused-ring (bicyclic) bond motifs is 1. The zero-order valence-electron chi connectivity index (χ0n) is 19.1. The number of aromatic nitrogens is 2. The molecule has 1 saturated heterocycles. The molecule has 34 heavy (non-hydrogen) atoms. The van der Waals surface area contributed by atoms with Crippen LogP contribution in [-0.2, 0) is 22.4 Å². The van der Waals surface area contributed by atoms with E-state index in [1.54, 1.807) is 16.8 Å². The van der Waals surface area contributed by atoms with Crippen molar-refractivity contribution >= 4 is 23.3 Å². The molecule has 1 aliphatic carbocycles. The number of rotatable bonds is 6. The van der Waals surface area contributed by atoms with Crippen LogP contribution in [0.2, 0.25) is 0 Å². The summed E-state index contributed by atoms with van der Waals surface area (Å²) in [6.45, 7) is 3.67. The third kappa shape index (κ3) is 4.40. The fraction of sp³-hybridized carbons (Fsp3) is 0.346. The lowest BCUT2D eigenvalue weighted by atomic mass is 10.1. The first-order valence-corrected chi connectivity index (χ1v) is 11.7. The highest BCUT2D eigenvalue weighted by Gasteiger charge is 2.28. The minimum atomic E-state index is -0.629. The Morgan fingerprint density at radius 2 is 1.76 bits per heavy atom. The molecule has 0 spiro atoms. The summed E-state index contributed by atoms with van der Waals surface area (Å²) < 4.78 is 20.3. The van der Waals surface area contributed by atoms with E-state index in [4.69, 9.17) is 4.74 Å². The second-order valence-electron chi connectivity index (χ2n) is 8.83. The smallest absolute Gasteiger partial charge is 0.359 e. The Morgan fingerprint density at radius 1 is 1.03 bits per heavy atom. The van der Waals surface area contributed by atoms with Gasteiger partial charge in [-0.1, -0.05) is 0 Å². The quantitative estimate of drug-likeness (QED) is 0.556. The van der Waals surface area contributed by atoms with Gasteiger partial charge in [-0.25, -0.2) is 13.9 Å². The van der Waals surface area contributed by atoms with Gasteiger partial charge in [-0.3, -0.25) is 4.79 Å². The normalized spacial score (nSPS) is 14.8. The van der Waals surface area contributed by atoms with Crippen LogP contribution in [0.3, 0.4) is 0 Å². The Balaban J connectivity index is 1.24. The van der Waals surface area contributed by atoms with Crippen molar-refractivity contribution in [3.63, 3.8) is 0 Å². The molecule has 1 aromatic heterocycles. The van der Waals surface area contributed by atoms with E-state index >= 15 is 0 Å². The number of halogens is 1. The fourth-order valence-corrected chi connectivity index (χ4v) is 4.74. The summed E-state index contributed by atoms with van der Waals surface area (Å²) in [6.07, 6.45) is 4.81. The number of ether oxygens (including phenoxy) is 1. The van der Waals surface area contributed by atoms with Crippen molar-refractivity contribution in [1.29, 1.82) is 0 Å². The fourth-order valence-electron chi connectivity index (χ4n) is 4.74. The van der Waals surface area contributed by atoms with Crippen molar-refractivity contribution in [2.75, 3.05) is 29.9 Å². The summed E-state index contributed by atoms with van der Waals surface area (Å²) in [5.41, 5.74) is 5.48. The maximum Gasteiger partial charge on any atom is 0.359 e. The van der Waals surface area contributed by atoms with Gasteiger partial charge in [0, 0.05) is 35.7 Å². The highest BCUT2D eigenvalue weighted by molar-refractivity contribution is 5.96. The number of hydrogen-bond donors (Lipinski definition) is 1. The number of nitrogens with zero attached hydrogens (tertiary/aromatic N) is 3. The second-order valence-corrected chi connectivity index (χ2v) is 8.83. The molecular weight excluding hydrogens is 435 g/mol. The van der Waals surface area contributed by atoms with Gasteiger partial charge in [0.2, 0.25) is 0 Å². The van der Waals surface area contributed by atoms with E-state index in [1.807, 2.05) is 19.1 Å². The third-order valence-electron chi connectivity index (χ3n) is 6.48. The first-order chi connectivity index (χ1) is 16.5. The molecule has 0 saturated carbocycles. The van der Waals surface area contributed by atoms with Crippen LogP contribution in [0.1, 0.15) is 46.6 Å². The largest absolute Gasteiger partial charge is 0.451 e. The van der Waals surface area contributed by atoms with E-state index in [0.717, 1.165) is 54.9 Å². The predicted molar refractivity (Wildman–Crippen MR) is 127 cm³/mol. The van der Waals surface area contributed by atoms with Crippen molar-refractivity contribution in [2.24, 2.45) is 0 Å². The van der Waals surface area contributed by atoms with Gasteiger partial charge in [0.25, 0.3) is 5.91 Å². The van der Waals surface area contributed by atoms with Gasteiger partial charge in [-0.05, 0) is 87.1 Å². The van der Waals surface area contributed by atoms with E-state index < -0.39 is 18.5 Å². The predicted octanol–water partition coefficient (Wildman–Crippen LogP) is 4.20. The molecule has 8 heteroatoms. The number of benzene rings is 2. The average molecular weight is 463 g/mol. The molecule has 0 unspecified atom stereocenters. The van der Waals surface area contributed by atoms with Crippen molar-refractivity contribution in [1.82, 2.24) is 9.78 Å². The maximum absolute atomic E-state index is 13.3. The molecule has 0 radical (unpaired) electrons. The van der Waals surface area contributed by atoms with Gasteiger partial charge in [0.15, 0.2) is 12.3 Å². The van der Waals surface area contributed by atoms with Crippen molar-refractivity contribution < 1.29 is 18.7 Å². The Kier molecular flexibility index (Phi) is 6.04. The third-order valence-corrected chi connectivity index (χ3v) is 6.48. The van der Waals surface area contributed by atoms with Gasteiger partial charge >= 0.3 is 5.97 Å². The number of anilines is 2. The zero-order chi connectivity index (χ0) is 23.7. The summed E-state index contributed by atoms with van der Waals surface area (Å²) in [7, 11) is 0. The van der Waals surface area contributed by atoms with Crippen LogP contribution in [0.15, 0.2) is 42.5 Å². The molecule has 2 aromatic carbocycles. The molecule has 0 atom stereocenters. The lowest BCUT2D eigenvalue weighted by Crippen LogP contribution is -2.22. The molecule has 5 rings (SSSR count). The highest BCUT2D eigenvalue weighted by Crippen LogP contribution is 2.29. The highest BCUT2D eigenvalue weighted by atomic mass is 19.1. The monoisotopic (exact) mass is 462 g/mol. The summed E-state index contributed by atoms with van der Waals surface area (Å²) in [4.78, 5) is 27.6. The number of aryl methyl sites for hydroxylation is 1. The number of esters is 1. The minimum Gasteiger partial charge on any atom is -0.451 e. The Bertz CT molecular complexity index is 1230. The average Bonchev–Trinajstić information content (AvgIpc) is 3.58. The zero-order valence-corrected chi connectivity index (χ0v) is 19.1. The Labute approximate surface area is 197 Å². The molecule has 2 heterocycles. The molecule has 0 bridgehead atoms. The summed E-state index contributed by atoms with van der Waals surface area (Å²) >= 11 is 0. The van der Waals surface area contributed by atoms with Crippen molar-refractivity contribution in [3.05, 3.63) is 70.8 Å². The molecule has 1 N–H and O–H groups in total. The van der Waals surface area contributed by atoms with Crippen LogP contribution in [0.4, 0.5) is 15.8 Å². The standard InChI is InChI=1S/C26H27FN4O3/c1-17-15-20(30-13-2-3-14-30)11-12-22(17)28-24(32)16-34-26(33)25-21-5-4-6-23(21)31(29-25)19-9-7-18(27)8-10-19/h7-12,15H,2-6,13-14,16H2,1H3,(H,28,32). The summed E-state index contributed by atoms with van der Waals surface area (Å²) in [5.74, 6) is -1.37. The van der Waals surface area contributed by atoms with E-state index in [2.05, 4.69) is 21.4 Å². The van der Waals surface area contributed by atoms with E-state index in [0.29, 0.717) is 11.4 Å². The number of amides is 1. The van der Waals surface area contributed by atoms with Crippen LogP contribution in [0, 0.1) is 12.7 Å². The Hall–Kier alpha value is -3.68. The van der Waals surface area contributed by atoms with E-state index in [9.17, 15) is 14.0 Å². The Morgan fingerprint density at radius 3 is 2.50 bits per heavy atom. The molecule has 3 aromatic rings. The molecule has 1 aliphatic heterocycles. The van der Waals surface area contributed by atoms with Gasteiger partial charge in [0.1, 0.15) is 5.82 Å². The van der Waals surface area contributed by atoms with Crippen LogP contribution in [0.5, 0.6) is 0 Å². The molecule has 7 nitrogen and oxygen atoms in total. The van der Waals surface area contributed by atoms with Crippen LogP contribution < -0.4 is 10.2 Å². The molecule has 176 valence electrons. The molecule has 1 fully saturated rings. The number of hydrogen-bond acceptors (Lipinski definition) is 5. The first kappa shape index (κ1) is 22.1. The number of carbonyl (C=O) groups excluding carboxylic acids is 2. The van der Waals surface area contributed by atoms with Crippen LogP contribution in [-0.4, -0.2) is 41.4 Å². The molecular formula is C26H27FN4O3. The van der Waals surface area contributed by atoms with Gasteiger partial charge < -0.3 is 15.0 Å². The minimum absolute atomic E-state index is 0.218. The maximum atomic E-state index is 13.3. The first-order valence-electron chi connectivity index (χ1n) is 11.7. The molecule has 1 amide bonds. The second kappa shape index (κ2) is 9.29. The summed E-state index contributed by atoms with van der Waals surface area (Å²) in [6, 6.07) is 11.9. The topological polar surface area (TPSA) is 76.5 Å². The van der Waals surface area contributed by atoms with Crippen LogP contribution >= 0.6 is 0 Å². The van der Waals surface area contributed by atoms with E-state index in [-0.39, 0.29) is 11.5 Å². The number of nitrogens with one attached hydrogen (secondary N) is 1. The van der Waals surface area contributed by atoms with Crippen molar-refractivity contribution in [3.8, 4) is 5.69 Å². The van der Waals surface area contributed by atoms with Gasteiger partial charge in [0.05, 0.1) is 5.69 Å². The SMILES string of the molecule is Cc1cc(N2CCCC2)ccc1NC(=O)COC(=O)c1nn(-c2ccc(F)cc2)c2c1CCC2. The van der Waals surface area contributed by atoms with Crippen molar-refractivity contribution in [2.45, 2.75) is 39.0 Å². The summed E-state index contributed by atoms with van der Waals surface area (Å²) in [5, 5.41) is 7.27.